The molecule has 4 heteroatoms. The molecule has 0 fully saturated rings. The van der Waals surface area contributed by atoms with Crippen LogP contribution in [-0.4, -0.2) is 31.0 Å². The second kappa shape index (κ2) is 5.07. The molecule has 1 aromatic rings. The van der Waals surface area contributed by atoms with E-state index in [-0.39, 0.29) is 5.33 Å². The van der Waals surface area contributed by atoms with Gasteiger partial charge < -0.3 is 4.90 Å². The highest BCUT2D eigenvalue weighted by Crippen LogP contribution is 2.12. The Labute approximate surface area is 97.2 Å². The third kappa shape index (κ3) is 2.89. The quantitative estimate of drug-likeness (QED) is 0.476. The van der Waals surface area contributed by atoms with Crippen LogP contribution in [0, 0.1) is 0 Å². The highest BCUT2D eigenvalue weighted by Gasteiger charge is 2.14. The molecule has 0 aromatic heterocycles. The smallest absolute Gasteiger partial charge is 0.229 e. The molecule has 0 bridgehead atoms. The molecule has 15 heavy (non-hydrogen) atoms. The molecule has 0 saturated carbocycles. The highest BCUT2D eigenvalue weighted by molar-refractivity contribution is 9.09. The van der Waals surface area contributed by atoms with Crippen molar-refractivity contribution in [3.8, 4) is 0 Å². The molecule has 0 unspecified atom stereocenters. The average molecular weight is 270 g/mol. The Morgan fingerprint density at radius 1 is 1.20 bits per heavy atom. The second-order valence-corrected chi connectivity index (χ2v) is 3.89. The predicted octanol–water partition coefficient (Wildman–Crippen LogP) is 1.90. The van der Waals surface area contributed by atoms with Crippen LogP contribution in [0.15, 0.2) is 24.3 Å². The van der Waals surface area contributed by atoms with Gasteiger partial charge in [-0.1, -0.05) is 15.9 Å². The summed E-state index contributed by atoms with van der Waals surface area (Å²) in [4.78, 5) is 24.5. The van der Waals surface area contributed by atoms with E-state index in [0.29, 0.717) is 5.56 Å². The fourth-order valence-corrected chi connectivity index (χ4v) is 1.39. The van der Waals surface area contributed by atoms with Gasteiger partial charge in [0.05, 0.1) is 5.33 Å². The van der Waals surface area contributed by atoms with E-state index < -0.39 is 11.6 Å². The lowest BCUT2D eigenvalue weighted by Gasteiger charge is -2.11. The molecular formula is C11H12BrNO2. The average Bonchev–Trinajstić information content (AvgIpc) is 2.27. The van der Waals surface area contributed by atoms with E-state index in [0.717, 1.165) is 5.69 Å². The fraction of sp³-hybridized carbons (Fsp3) is 0.273. The molecule has 0 heterocycles. The first-order valence-electron chi connectivity index (χ1n) is 4.47. The zero-order chi connectivity index (χ0) is 11.4. The van der Waals surface area contributed by atoms with Crippen molar-refractivity contribution >= 4 is 33.2 Å². The summed E-state index contributed by atoms with van der Waals surface area (Å²) in [6.45, 7) is 0. The number of rotatable bonds is 4. The predicted molar refractivity (Wildman–Crippen MR) is 63.9 cm³/mol. The molecule has 0 N–H and O–H groups in total. The summed E-state index contributed by atoms with van der Waals surface area (Å²) in [6.07, 6.45) is 0. The van der Waals surface area contributed by atoms with Gasteiger partial charge in [-0.15, -0.1) is 0 Å². The summed E-state index contributed by atoms with van der Waals surface area (Å²) in [7, 11) is 3.83. The van der Waals surface area contributed by atoms with Crippen LogP contribution in [0.5, 0.6) is 0 Å². The number of carbonyl (C=O) groups is 2. The third-order valence-electron chi connectivity index (χ3n) is 2.02. The summed E-state index contributed by atoms with van der Waals surface area (Å²) in [6, 6.07) is 6.96. The molecule has 0 atom stereocenters. The molecule has 0 aliphatic heterocycles. The number of Topliss-reactive ketones (excluding diaryl/α,β-unsaturated/α-hetero) is 2. The normalized spacial score (nSPS) is 9.80. The molecule has 3 nitrogen and oxygen atoms in total. The van der Waals surface area contributed by atoms with E-state index in [2.05, 4.69) is 15.9 Å². The van der Waals surface area contributed by atoms with E-state index in [9.17, 15) is 9.59 Å². The summed E-state index contributed by atoms with van der Waals surface area (Å²) >= 11 is 2.97. The summed E-state index contributed by atoms with van der Waals surface area (Å²) in [5.74, 6) is -0.871. The minimum absolute atomic E-state index is 0.0707. The summed E-state index contributed by atoms with van der Waals surface area (Å²) < 4.78 is 0. The van der Waals surface area contributed by atoms with Crippen LogP contribution in [0.3, 0.4) is 0 Å². The van der Waals surface area contributed by atoms with Gasteiger partial charge in [0.15, 0.2) is 0 Å². The molecule has 80 valence electrons. The Morgan fingerprint density at radius 3 is 2.13 bits per heavy atom. The van der Waals surface area contributed by atoms with Gasteiger partial charge in [0.1, 0.15) is 0 Å². The number of ketones is 2. The number of hydrogen-bond acceptors (Lipinski definition) is 3. The second-order valence-electron chi connectivity index (χ2n) is 3.33. The summed E-state index contributed by atoms with van der Waals surface area (Å²) in [5, 5.41) is 0.0707. The minimum atomic E-state index is -0.447. The van der Waals surface area contributed by atoms with E-state index in [4.69, 9.17) is 0 Å². The number of anilines is 1. The van der Waals surface area contributed by atoms with Crippen molar-refractivity contribution in [2.75, 3.05) is 24.3 Å². The first kappa shape index (κ1) is 11.9. The maximum atomic E-state index is 11.5. The van der Waals surface area contributed by atoms with Crippen LogP contribution in [0.2, 0.25) is 0 Å². The van der Waals surface area contributed by atoms with Gasteiger partial charge in [0.25, 0.3) is 0 Å². The number of hydrogen-bond donors (Lipinski definition) is 0. The van der Waals surface area contributed by atoms with Crippen molar-refractivity contribution in [1.29, 1.82) is 0 Å². The van der Waals surface area contributed by atoms with Gasteiger partial charge in [-0.05, 0) is 24.3 Å². The molecule has 0 aliphatic rings. The van der Waals surface area contributed by atoms with Crippen LogP contribution in [-0.2, 0) is 4.79 Å². The van der Waals surface area contributed by atoms with Gasteiger partial charge in [0.2, 0.25) is 11.6 Å². The van der Waals surface area contributed by atoms with Crippen LogP contribution in [0.25, 0.3) is 0 Å². The third-order valence-corrected chi connectivity index (χ3v) is 2.53. The molecule has 0 amide bonds. The van der Waals surface area contributed by atoms with Crippen LogP contribution in [0.1, 0.15) is 10.4 Å². The zero-order valence-electron chi connectivity index (χ0n) is 8.66. The lowest BCUT2D eigenvalue weighted by atomic mass is 10.1. The molecule has 0 spiro atoms. The maximum Gasteiger partial charge on any atom is 0.229 e. The summed E-state index contributed by atoms with van der Waals surface area (Å²) in [5.41, 5.74) is 1.43. The number of halogens is 1. The van der Waals surface area contributed by atoms with E-state index in [1.54, 1.807) is 12.1 Å². The topological polar surface area (TPSA) is 37.4 Å². The maximum absolute atomic E-state index is 11.5. The number of carbonyl (C=O) groups excluding carboxylic acids is 2. The van der Waals surface area contributed by atoms with E-state index in [1.807, 2.05) is 31.1 Å². The van der Waals surface area contributed by atoms with Crippen molar-refractivity contribution in [3.05, 3.63) is 29.8 Å². The zero-order valence-corrected chi connectivity index (χ0v) is 10.2. The van der Waals surface area contributed by atoms with Crippen molar-refractivity contribution < 1.29 is 9.59 Å². The number of nitrogens with zero attached hydrogens (tertiary/aromatic N) is 1. The minimum Gasteiger partial charge on any atom is -0.378 e. The first-order valence-corrected chi connectivity index (χ1v) is 5.59. The van der Waals surface area contributed by atoms with Gasteiger partial charge in [-0.25, -0.2) is 0 Å². The molecule has 1 aromatic carbocycles. The molecule has 0 radical (unpaired) electrons. The molecule has 1 rings (SSSR count). The Balaban J connectivity index is 2.89. The lowest BCUT2D eigenvalue weighted by molar-refractivity contribution is -0.112. The standard InChI is InChI=1S/C11H12BrNO2/c1-13(2)9-5-3-8(4-6-9)11(15)10(14)7-12/h3-6H,7H2,1-2H3. The largest absolute Gasteiger partial charge is 0.378 e. The Morgan fingerprint density at radius 2 is 1.73 bits per heavy atom. The van der Waals surface area contributed by atoms with Crippen LogP contribution >= 0.6 is 15.9 Å². The van der Waals surface area contributed by atoms with Crippen molar-refractivity contribution in [3.63, 3.8) is 0 Å². The Hall–Kier alpha value is -1.16. The number of alkyl halides is 1. The fourth-order valence-electron chi connectivity index (χ4n) is 1.13. The van der Waals surface area contributed by atoms with Gasteiger partial charge in [-0.3, -0.25) is 9.59 Å². The molecule has 0 saturated heterocycles. The monoisotopic (exact) mass is 269 g/mol. The Kier molecular flexibility index (Phi) is 4.03. The van der Waals surface area contributed by atoms with Crippen molar-refractivity contribution in [2.45, 2.75) is 0 Å². The van der Waals surface area contributed by atoms with Gasteiger partial charge >= 0.3 is 0 Å². The van der Waals surface area contributed by atoms with E-state index >= 15 is 0 Å². The highest BCUT2D eigenvalue weighted by atomic mass is 79.9. The van der Waals surface area contributed by atoms with Crippen molar-refractivity contribution in [2.24, 2.45) is 0 Å². The SMILES string of the molecule is CN(C)c1ccc(C(=O)C(=O)CBr)cc1. The van der Waals surface area contributed by atoms with Crippen molar-refractivity contribution in [1.82, 2.24) is 0 Å². The lowest BCUT2D eigenvalue weighted by Crippen LogP contribution is -2.15. The molecule has 0 aliphatic carbocycles. The van der Waals surface area contributed by atoms with Gasteiger partial charge in [-0.2, -0.15) is 0 Å². The number of benzene rings is 1. The first-order chi connectivity index (χ1) is 7.06. The molecular weight excluding hydrogens is 258 g/mol. The van der Waals surface area contributed by atoms with E-state index in [1.165, 1.54) is 0 Å². The Bertz CT molecular complexity index is 371. The van der Waals surface area contributed by atoms with Crippen LogP contribution in [0.4, 0.5) is 5.69 Å². The van der Waals surface area contributed by atoms with Gasteiger partial charge in [0, 0.05) is 25.3 Å². The van der Waals surface area contributed by atoms with Crippen LogP contribution < -0.4 is 4.90 Å².